The first-order valence-corrected chi connectivity index (χ1v) is 28.8. The Kier molecular flexibility index (Phi) is 5.01. The summed E-state index contributed by atoms with van der Waals surface area (Å²) in [4.78, 5) is 56.5. The van der Waals surface area contributed by atoms with Gasteiger partial charge in [0.05, 0.1) is 11.1 Å². The van der Waals surface area contributed by atoms with E-state index in [4.69, 9.17) is 18.9 Å². The molecule has 18 nitrogen and oxygen atoms in total. The Labute approximate surface area is 468 Å². The molecule has 1 aromatic carbocycles. The molecule has 406 valence electrons. The zero-order chi connectivity index (χ0) is 55.8. The minimum Gasteiger partial charge on any atom is -0.507 e. The third-order valence-corrected chi connectivity index (χ3v) is 27.6. The van der Waals surface area contributed by atoms with E-state index in [0.29, 0.717) is 72.4 Å². The number of carboxylic acids is 4. The van der Waals surface area contributed by atoms with Gasteiger partial charge in [0.1, 0.15) is 61.9 Å². The first-order chi connectivity index (χ1) is 40.2. The summed E-state index contributed by atoms with van der Waals surface area (Å²) in [7, 11) is 0. The molecule has 0 radical (unpaired) electrons. The average molecular weight is 1110 g/mol. The molecule has 21 unspecified atom stereocenters. The number of hydrogen-bond acceptors (Lipinski definition) is 14. The summed E-state index contributed by atoms with van der Waals surface area (Å²) in [5, 5.41) is 133. The minimum atomic E-state index is -2.55. The van der Waals surface area contributed by atoms with Crippen molar-refractivity contribution in [2.45, 2.75) is 73.6 Å². The van der Waals surface area contributed by atoms with E-state index < -0.39 is 156 Å². The molecule has 18 heteroatoms. The Morgan fingerprint density at radius 1 is 0.595 bits per heavy atom. The molecule has 8 spiro atoms. The number of allylic oxidation sites excluding steroid dienone is 8. The fraction of sp³-hybridized carbons (Fsp3) is 0.333. The van der Waals surface area contributed by atoms with Crippen LogP contribution >= 0.6 is 0 Å². The van der Waals surface area contributed by atoms with Crippen molar-refractivity contribution in [3.8, 4) is 0 Å². The van der Waals surface area contributed by atoms with Crippen LogP contribution in [0.4, 0.5) is 0 Å². The van der Waals surface area contributed by atoms with Gasteiger partial charge in [-0.25, -0.2) is 19.2 Å². The highest BCUT2D eigenvalue weighted by atomic mass is 16.7. The van der Waals surface area contributed by atoms with Gasteiger partial charge < -0.3 is 70.0 Å². The zero-order valence-electron chi connectivity index (χ0n) is 42.6. The molecule has 0 aromatic heterocycles. The van der Waals surface area contributed by atoms with Gasteiger partial charge in [-0.05, 0) is 110 Å². The number of carbonyl (C=O) groups is 4. The van der Waals surface area contributed by atoms with E-state index in [1.165, 1.54) is 24.3 Å². The number of hydrogen-bond donors (Lipinski definition) is 10. The molecule has 4 saturated heterocycles. The van der Waals surface area contributed by atoms with Gasteiger partial charge in [-0.2, -0.15) is 0 Å². The molecule has 0 bridgehead atoms. The second-order valence-corrected chi connectivity index (χ2v) is 28.4. The van der Waals surface area contributed by atoms with E-state index in [-0.39, 0.29) is 73.5 Å². The third-order valence-electron chi connectivity index (χ3n) is 27.6. The molecule has 1 aromatic rings. The van der Waals surface area contributed by atoms with Crippen LogP contribution in [0.15, 0.2) is 185 Å². The molecule has 5 saturated carbocycles. The first-order valence-electron chi connectivity index (χ1n) is 28.8. The Morgan fingerprint density at radius 2 is 1.38 bits per heavy atom. The number of epoxide rings is 4. The Hall–Kier alpha value is -8.04. The van der Waals surface area contributed by atoms with Crippen molar-refractivity contribution in [2.24, 2.45) is 53.3 Å². The van der Waals surface area contributed by atoms with Crippen LogP contribution in [0.25, 0.3) is 17.4 Å². The summed E-state index contributed by atoms with van der Waals surface area (Å²) in [6.45, 7) is 0. The lowest BCUT2D eigenvalue weighted by Crippen LogP contribution is -2.88. The fourth-order valence-corrected chi connectivity index (χ4v) is 26.5. The number of aliphatic hydroxyl groups excluding tert-OH is 2. The molecule has 26 rings (SSSR count). The maximum Gasteiger partial charge on any atom is 0.339 e. The number of ether oxygens (including phenoxy) is 4. The van der Waals surface area contributed by atoms with Gasteiger partial charge in [-0.3, -0.25) is 0 Å². The molecule has 4 aliphatic heterocycles. The summed E-state index contributed by atoms with van der Waals surface area (Å²) < 4.78 is 32.0. The van der Waals surface area contributed by atoms with Crippen LogP contribution in [0.2, 0.25) is 0 Å². The highest BCUT2D eigenvalue weighted by Gasteiger charge is 3.14. The summed E-state index contributed by atoms with van der Waals surface area (Å²) in [5.74, 6) is -16.9. The van der Waals surface area contributed by atoms with E-state index in [1.54, 1.807) is 48.6 Å². The van der Waals surface area contributed by atoms with E-state index >= 15 is 10.2 Å². The van der Waals surface area contributed by atoms with E-state index in [0.717, 1.165) is 0 Å². The summed E-state index contributed by atoms with van der Waals surface area (Å²) in [6, 6.07) is 1.78. The van der Waals surface area contributed by atoms with Gasteiger partial charge in [-0.1, -0.05) is 42.5 Å². The quantitative estimate of drug-likeness (QED) is 0.194. The summed E-state index contributed by atoms with van der Waals surface area (Å²) >= 11 is 0. The van der Waals surface area contributed by atoms with Crippen LogP contribution in [0.3, 0.4) is 0 Å². The highest BCUT2D eigenvalue weighted by Crippen LogP contribution is 3.02. The second-order valence-electron chi connectivity index (χ2n) is 28.4. The summed E-state index contributed by atoms with van der Waals surface area (Å²) in [5.41, 5.74) is -18.0. The van der Waals surface area contributed by atoms with Crippen LogP contribution in [0.5, 0.6) is 0 Å². The van der Waals surface area contributed by atoms with E-state index in [9.17, 15) is 60.0 Å². The molecule has 4 heterocycles. The van der Waals surface area contributed by atoms with Crippen molar-refractivity contribution >= 4 is 41.3 Å². The Morgan fingerprint density at radius 3 is 2.17 bits per heavy atom. The lowest BCUT2D eigenvalue weighted by Gasteiger charge is -2.75. The standard InChI is InChI=1S/C66H34O18/c67-47-28-8-16-7-19-11-24(51(69)70)21-6-4-18-10-27-32(54(75)76)48(68)29-13-20-12-26-31(53(73)74)22-5-2-15-1-3-17-9-23-25(52(71)72)14-30(47)42-43(23)64(80)55(17,77)36(15)39(22)62-40(26)46-44-34-33(37(28)61(42)65(44,83-61)66(62,64)84-62)35(16)63-50-45(34)60(58(20,46)81-60)41(29)38(27)57(50,79)56(18,78)49(21)59(19,63)82-63/h1-8,10-14,23,36,38-39,41-43,45,50,67-68,77-80H,9H2,(H,69,70)(H,71,72)(H,73,74)(H,75,76). The van der Waals surface area contributed by atoms with Gasteiger partial charge in [0.15, 0.2) is 22.4 Å². The van der Waals surface area contributed by atoms with Gasteiger partial charge in [0, 0.05) is 109 Å². The molecule has 25 aliphatic rings. The molecule has 9 fully saturated rings. The van der Waals surface area contributed by atoms with Crippen molar-refractivity contribution in [1.29, 1.82) is 0 Å². The Balaban J connectivity index is 0.952. The number of rotatable bonds is 4. The number of aliphatic hydroxyl groups is 6. The topological polar surface area (TPSA) is 321 Å². The SMILES string of the molecule is O=C(O)C1=CC2=Cc3cc4c5c6c3C37OC23C2=C1C=CC1=CC3=C(C(=O)O)C(O)=C8C=C9C=C%10C(C(=O)O)=C%11C=CC%12=CC=C%13CC%14C(C(=O)O)=CC(=C4O)C4C%14C%14(O)C%13(O)C%12C%11C%11%12OC%11%14C%11(OC54%11)C4=C6C5C7C(O)(C3C8C53OC93C4=C%10%12)C12O. The fourth-order valence-electron chi connectivity index (χ4n) is 26.5. The number of aliphatic carboxylic acids is 4. The maximum absolute atomic E-state index is 15.5. The van der Waals surface area contributed by atoms with Crippen LogP contribution in [-0.2, 0) is 49.3 Å². The molecule has 0 amide bonds. The van der Waals surface area contributed by atoms with Crippen molar-refractivity contribution in [3.63, 3.8) is 0 Å². The predicted molar refractivity (Wildman–Crippen MR) is 274 cm³/mol. The van der Waals surface area contributed by atoms with Crippen molar-refractivity contribution in [3.05, 3.63) is 212 Å². The molecule has 21 atom stereocenters. The van der Waals surface area contributed by atoms with Gasteiger partial charge in [0.2, 0.25) is 0 Å². The minimum absolute atomic E-state index is 0.0147. The number of carboxylic acid groups (broad SMARTS) is 4. The smallest absolute Gasteiger partial charge is 0.339 e. The lowest BCUT2D eigenvalue weighted by atomic mass is 9.25. The van der Waals surface area contributed by atoms with Gasteiger partial charge in [0.25, 0.3) is 0 Å². The molecule has 84 heavy (non-hydrogen) atoms. The maximum atomic E-state index is 15.5. The molecular weight excluding hydrogens is 1080 g/mol. The number of benzene rings is 1. The van der Waals surface area contributed by atoms with Crippen LogP contribution in [0, 0.1) is 53.3 Å². The second kappa shape index (κ2) is 10.1. The van der Waals surface area contributed by atoms with Crippen LogP contribution < -0.4 is 0 Å². The van der Waals surface area contributed by atoms with E-state index in [2.05, 4.69) is 0 Å². The third kappa shape index (κ3) is 2.68. The van der Waals surface area contributed by atoms with Gasteiger partial charge in [-0.15, -0.1) is 0 Å². The molecule has 21 aliphatic carbocycles. The van der Waals surface area contributed by atoms with Crippen LogP contribution in [0.1, 0.15) is 34.2 Å². The Bertz CT molecular complexity index is 5040. The monoisotopic (exact) mass is 1110 g/mol. The van der Waals surface area contributed by atoms with E-state index in [1.807, 2.05) is 6.08 Å². The highest BCUT2D eigenvalue weighted by molar-refractivity contribution is 6.10. The van der Waals surface area contributed by atoms with Crippen molar-refractivity contribution < 1.29 is 89.2 Å². The zero-order valence-corrected chi connectivity index (χ0v) is 42.6. The predicted octanol–water partition coefficient (Wildman–Crippen LogP) is 3.12. The largest absolute Gasteiger partial charge is 0.507 e. The van der Waals surface area contributed by atoms with Crippen molar-refractivity contribution in [2.75, 3.05) is 0 Å². The normalized spacial score (nSPS) is 54.5. The van der Waals surface area contributed by atoms with Gasteiger partial charge >= 0.3 is 23.9 Å². The van der Waals surface area contributed by atoms with Crippen LogP contribution in [-0.4, -0.2) is 131 Å². The first kappa shape index (κ1) is 41.9. The molecule has 10 N–H and O–H groups in total. The van der Waals surface area contributed by atoms with Crippen molar-refractivity contribution in [1.82, 2.24) is 0 Å². The lowest BCUT2D eigenvalue weighted by molar-refractivity contribution is -0.279. The molecular formula is C66H34O18. The average Bonchev–Trinajstić information content (AvgIpc) is 1.35. The summed E-state index contributed by atoms with van der Waals surface area (Å²) in [6.07, 6.45) is 19.9.